The molecule has 0 saturated carbocycles. The standard InChI is InChI=1S/C18H16N4O3/c1-25-15-8-3-2-7-14(15)17(23)21-12-5-4-6-13(11-12)22-18(24)16-19-9-10-20-16/h2-11H,1H3,(H,19,20)(H,21,23)(H,22,24). The highest BCUT2D eigenvalue weighted by molar-refractivity contribution is 6.07. The number of aromatic amines is 1. The van der Waals surface area contributed by atoms with E-state index in [0.717, 1.165) is 0 Å². The topological polar surface area (TPSA) is 96.1 Å². The Morgan fingerprint density at radius 1 is 1.00 bits per heavy atom. The number of carbonyl (C=O) groups is 2. The number of hydrogen-bond acceptors (Lipinski definition) is 4. The molecule has 3 rings (SSSR count). The highest BCUT2D eigenvalue weighted by atomic mass is 16.5. The lowest BCUT2D eigenvalue weighted by Crippen LogP contribution is -2.15. The van der Waals surface area contributed by atoms with Gasteiger partial charge in [-0.25, -0.2) is 4.98 Å². The molecule has 1 heterocycles. The number of nitrogens with one attached hydrogen (secondary N) is 3. The van der Waals surface area contributed by atoms with Gasteiger partial charge in [0.25, 0.3) is 11.8 Å². The summed E-state index contributed by atoms with van der Waals surface area (Å²) in [5, 5.41) is 5.50. The van der Waals surface area contributed by atoms with Gasteiger partial charge >= 0.3 is 0 Å². The van der Waals surface area contributed by atoms with Crippen LogP contribution in [0.25, 0.3) is 0 Å². The van der Waals surface area contributed by atoms with E-state index < -0.39 is 0 Å². The van der Waals surface area contributed by atoms with Crippen molar-refractivity contribution in [2.45, 2.75) is 0 Å². The summed E-state index contributed by atoms with van der Waals surface area (Å²) in [6, 6.07) is 13.8. The summed E-state index contributed by atoms with van der Waals surface area (Å²) in [6.45, 7) is 0. The number of methoxy groups -OCH3 is 1. The average molecular weight is 336 g/mol. The maximum Gasteiger partial charge on any atom is 0.291 e. The molecule has 3 N–H and O–H groups in total. The molecule has 7 nitrogen and oxygen atoms in total. The van der Waals surface area contributed by atoms with Crippen LogP contribution in [0.15, 0.2) is 60.9 Å². The normalized spacial score (nSPS) is 10.1. The zero-order valence-corrected chi connectivity index (χ0v) is 13.4. The Morgan fingerprint density at radius 2 is 1.72 bits per heavy atom. The van der Waals surface area contributed by atoms with Crippen molar-refractivity contribution in [2.24, 2.45) is 0 Å². The van der Waals surface area contributed by atoms with Crippen LogP contribution >= 0.6 is 0 Å². The minimum atomic E-state index is -0.363. The van der Waals surface area contributed by atoms with Crippen LogP contribution in [0.4, 0.5) is 11.4 Å². The molecular formula is C18H16N4O3. The van der Waals surface area contributed by atoms with E-state index in [4.69, 9.17) is 4.74 Å². The molecule has 3 aromatic rings. The van der Waals surface area contributed by atoms with Crippen molar-refractivity contribution in [3.63, 3.8) is 0 Å². The Bertz CT molecular complexity index is 891. The zero-order valence-electron chi connectivity index (χ0n) is 13.4. The molecule has 25 heavy (non-hydrogen) atoms. The number of benzene rings is 2. The molecule has 0 aliphatic heterocycles. The number of carbonyl (C=O) groups excluding carboxylic acids is 2. The summed E-state index contributed by atoms with van der Waals surface area (Å²) >= 11 is 0. The molecule has 0 unspecified atom stereocenters. The van der Waals surface area contributed by atoms with Gasteiger partial charge in [-0.05, 0) is 30.3 Å². The van der Waals surface area contributed by atoms with Crippen molar-refractivity contribution >= 4 is 23.2 Å². The van der Waals surface area contributed by atoms with Crippen molar-refractivity contribution in [3.8, 4) is 5.75 Å². The molecule has 0 fully saturated rings. The molecule has 2 amide bonds. The molecule has 0 spiro atoms. The molecule has 0 saturated heterocycles. The first-order valence-corrected chi connectivity index (χ1v) is 7.52. The van der Waals surface area contributed by atoms with Gasteiger partial charge in [0.05, 0.1) is 12.7 Å². The van der Waals surface area contributed by atoms with Crippen LogP contribution in [-0.2, 0) is 0 Å². The second kappa shape index (κ2) is 7.31. The van der Waals surface area contributed by atoms with Crippen molar-refractivity contribution in [1.82, 2.24) is 9.97 Å². The number of para-hydroxylation sites is 1. The lowest BCUT2D eigenvalue weighted by atomic mass is 10.2. The van der Waals surface area contributed by atoms with Gasteiger partial charge in [-0.15, -0.1) is 0 Å². The number of amides is 2. The quantitative estimate of drug-likeness (QED) is 0.667. The SMILES string of the molecule is COc1ccccc1C(=O)Nc1cccc(NC(=O)c2ncc[nH]2)c1. The van der Waals surface area contributed by atoms with E-state index >= 15 is 0 Å². The Kier molecular flexibility index (Phi) is 4.75. The average Bonchev–Trinajstić information content (AvgIpc) is 3.17. The lowest BCUT2D eigenvalue weighted by Gasteiger charge is -2.10. The van der Waals surface area contributed by atoms with Gasteiger partial charge in [0, 0.05) is 23.8 Å². The van der Waals surface area contributed by atoms with Gasteiger partial charge in [-0.3, -0.25) is 9.59 Å². The number of ether oxygens (including phenoxy) is 1. The largest absolute Gasteiger partial charge is 0.496 e. The number of rotatable bonds is 5. The Labute approximate surface area is 144 Å². The number of imidazole rings is 1. The zero-order chi connectivity index (χ0) is 17.6. The fourth-order valence-corrected chi connectivity index (χ4v) is 2.29. The third kappa shape index (κ3) is 3.84. The van der Waals surface area contributed by atoms with Crippen LogP contribution in [0.5, 0.6) is 5.75 Å². The molecule has 0 atom stereocenters. The predicted octanol–water partition coefficient (Wildman–Crippen LogP) is 2.92. The third-order valence-electron chi connectivity index (χ3n) is 3.44. The van der Waals surface area contributed by atoms with E-state index in [0.29, 0.717) is 22.7 Å². The maximum atomic E-state index is 12.4. The highest BCUT2D eigenvalue weighted by Gasteiger charge is 2.12. The lowest BCUT2D eigenvalue weighted by molar-refractivity contribution is 0.101. The Balaban J connectivity index is 1.73. The molecular weight excluding hydrogens is 320 g/mol. The van der Waals surface area contributed by atoms with E-state index in [2.05, 4.69) is 20.6 Å². The van der Waals surface area contributed by atoms with Crippen LogP contribution < -0.4 is 15.4 Å². The highest BCUT2D eigenvalue weighted by Crippen LogP contribution is 2.21. The van der Waals surface area contributed by atoms with Crippen LogP contribution in [0.2, 0.25) is 0 Å². The molecule has 0 aliphatic rings. The summed E-state index contributed by atoms with van der Waals surface area (Å²) in [4.78, 5) is 31.0. The van der Waals surface area contributed by atoms with Gasteiger partial charge in [-0.1, -0.05) is 18.2 Å². The van der Waals surface area contributed by atoms with E-state index in [1.165, 1.54) is 13.3 Å². The molecule has 7 heteroatoms. The predicted molar refractivity (Wildman–Crippen MR) is 93.9 cm³/mol. The Morgan fingerprint density at radius 3 is 2.40 bits per heavy atom. The van der Waals surface area contributed by atoms with E-state index in [1.807, 2.05) is 0 Å². The van der Waals surface area contributed by atoms with Gasteiger partial charge in [0.1, 0.15) is 5.75 Å². The van der Waals surface area contributed by atoms with Crippen molar-refractivity contribution in [3.05, 3.63) is 72.3 Å². The number of anilines is 2. The summed E-state index contributed by atoms with van der Waals surface area (Å²) in [6.07, 6.45) is 3.07. The molecule has 1 aromatic heterocycles. The van der Waals surface area contributed by atoms with Crippen LogP contribution in [0.1, 0.15) is 21.0 Å². The first kappa shape index (κ1) is 16.3. The van der Waals surface area contributed by atoms with E-state index in [-0.39, 0.29) is 17.6 Å². The second-order valence-corrected chi connectivity index (χ2v) is 5.13. The second-order valence-electron chi connectivity index (χ2n) is 5.13. The monoisotopic (exact) mass is 336 g/mol. The summed E-state index contributed by atoms with van der Waals surface area (Å²) in [5.41, 5.74) is 1.52. The first-order valence-electron chi connectivity index (χ1n) is 7.52. The van der Waals surface area contributed by atoms with E-state index in [1.54, 1.807) is 54.7 Å². The first-order chi connectivity index (χ1) is 12.2. The number of aromatic nitrogens is 2. The minimum absolute atomic E-state index is 0.212. The van der Waals surface area contributed by atoms with Crippen molar-refractivity contribution < 1.29 is 14.3 Å². The third-order valence-corrected chi connectivity index (χ3v) is 3.44. The Hall–Kier alpha value is -3.61. The maximum absolute atomic E-state index is 12.4. The smallest absolute Gasteiger partial charge is 0.291 e. The fourth-order valence-electron chi connectivity index (χ4n) is 2.29. The summed E-state index contributed by atoms with van der Waals surface area (Å²) in [5.74, 6) is 0.0379. The van der Waals surface area contributed by atoms with Gasteiger partial charge in [0.15, 0.2) is 5.82 Å². The van der Waals surface area contributed by atoms with E-state index in [9.17, 15) is 9.59 Å². The molecule has 126 valence electrons. The van der Waals surface area contributed by atoms with Gasteiger partial charge in [-0.2, -0.15) is 0 Å². The molecule has 0 radical (unpaired) electrons. The van der Waals surface area contributed by atoms with Crippen LogP contribution in [0.3, 0.4) is 0 Å². The number of hydrogen-bond donors (Lipinski definition) is 3. The minimum Gasteiger partial charge on any atom is -0.496 e. The summed E-state index contributed by atoms with van der Waals surface area (Å²) in [7, 11) is 1.51. The van der Waals surface area contributed by atoms with Crippen molar-refractivity contribution in [2.75, 3.05) is 17.7 Å². The molecule has 0 bridgehead atoms. The summed E-state index contributed by atoms with van der Waals surface area (Å²) < 4.78 is 5.19. The van der Waals surface area contributed by atoms with Crippen molar-refractivity contribution in [1.29, 1.82) is 0 Å². The number of H-pyrrole nitrogens is 1. The van der Waals surface area contributed by atoms with Gasteiger partial charge in [0.2, 0.25) is 0 Å². The number of nitrogens with zero attached hydrogens (tertiary/aromatic N) is 1. The van der Waals surface area contributed by atoms with Gasteiger partial charge < -0.3 is 20.4 Å². The fraction of sp³-hybridized carbons (Fsp3) is 0.0556. The molecule has 2 aromatic carbocycles. The van der Waals surface area contributed by atoms with Crippen LogP contribution in [-0.4, -0.2) is 28.9 Å². The van der Waals surface area contributed by atoms with Crippen LogP contribution in [0, 0.1) is 0 Å². The molecule has 0 aliphatic carbocycles.